The number of carboxylic acid groups (broad SMARTS) is 1. The first-order valence-electron chi connectivity index (χ1n) is 4.98. The summed E-state index contributed by atoms with van der Waals surface area (Å²) < 4.78 is 1.59. The monoisotopic (exact) mass is 215 g/mol. The highest BCUT2D eigenvalue weighted by molar-refractivity contribution is 5.83. The molecule has 0 bridgehead atoms. The average Bonchev–Trinajstić information content (AvgIpc) is 2.78. The standard InChI is InChI=1S/C12H12N2O2/c1-9(10-5-3-2-4-6-10)14-8-13-7-11(14)12(15)16/h2-9H,1H3,(H,15,16)/p-1. The predicted molar refractivity (Wildman–Crippen MR) is 56.8 cm³/mol. The Balaban J connectivity index is 2.38. The molecular weight excluding hydrogens is 204 g/mol. The molecule has 1 atom stereocenters. The van der Waals surface area contributed by atoms with Crippen LogP contribution in [0.15, 0.2) is 42.9 Å². The van der Waals surface area contributed by atoms with Crippen LogP contribution in [0.5, 0.6) is 0 Å². The summed E-state index contributed by atoms with van der Waals surface area (Å²) in [5, 5.41) is 10.8. The minimum Gasteiger partial charge on any atom is -0.543 e. The number of carboxylic acids is 1. The molecular formula is C12H11N2O2-. The van der Waals surface area contributed by atoms with Gasteiger partial charge in [-0.25, -0.2) is 4.98 Å². The molecule has 1 heterocycles. The number of hydrogen-bond acceptors (Lipinski definition) is 3. The smallest absolute Gasteiger partial charge is 0.0956 e. The number of hydrogen-bond donors (Lipinski definition) is 0. The number of nitrogens with zero attached hydrogens (tertiary/aromatic N) is 2. The summed E-state index contributed by atoms with van der Waals surface area (Å²) in [5.41, 5.74) is 1.12. The summed E-state index contributed by atoms with van der Waals surface area (Å²) in [7, 11) is 0. The third-order valence-electron chi connectivity index (χ3n) is 2.57. The van der Waals surface area contributed by atoms with Gasteiger partial charge in [0.05, 0.1) is 30.2 Å². The van der Waals surface area contributed by atoms with Gasteiger partial charge in [0.1, 0.15) is 0 Å². The molecule has 0 saturated heterocycles. The van der Waals surface area contributed by atoms with Gasteiger partial charge in [-0.05, 0) is 12.5 Å². The summed E-state index contributed by atoms with van der Waals surface area (Å²) in [6, 6.07) is 9.58. The SMILES string of the molecule is CC(c1ccccc1)n1cncc1C(=O)[O-]. The Morgan fingerprint density at radius 1 is 1.38 bits per heavy atom. The van der Waals surface area contributed by atoms with Gasteiger partial charge in [-0.3, -0.25) is 0 Å². The summed E-state index contributed by atoms with van der Waals surface area (Å²) in [5.74, 6) is -1.21. The predicted octanol–water partition coefficient (Wildman–Crippen LogP) is 0.856. The van der Waals surface area contributed by atoms with Gasteiger partial charge in [-0.2, -0.15) is 0 Å². The van der Waals surface area contributed by atoms with Crippen molar-refractivity contribution < 1.29 is 9.90 Å². The van der Waals surface area contributed by atoms with E-state index in [1.807, 2.05) is 37.3 Å². The van der Waals surface area contributed by atoms with Crippen LogP contribution in [0.25, 0.3) is 0 Å². The van der Waals surface area contributed by atoms with Crippen molar-refractivity contribution in [3.63, 3.8) is 0 Å². The normalized spacial score (nSPS) is 12.3. The molecule has 0 aliphatic carbocycles. The number of rotatable bonds is 3. The van der Waals surface area contributed by atoms with Crippen LogP contribution in [0.2, 0.25) is 0 Å². The fourth-order valence-corrected chi connectivity index (χ4v) is 1.66. The Morgan fingerprint density at radius 2 is 2.06 bits per heavy atom. The second-order valence-electron chi connectivity index (χ2n) is 3.56. The van der Waals surface area contributed by atoms with Crippen molar-refractivity contribution in [1.29, 1.82) is 0 Å². The zero-order valence-corrected chi connectivity index (χ0v) is 8.83. The van der Waals surface area contributed by atoms with Crippen LogP contribution in [-0.4, -0.2) is 15.5 Å². The third kappa shape index (κ3) is 1.82. The second kappa shape index (κ2) is 4.18. The maximum atomic E-state index is 10.8. The molecule has 2 aromatic rings. The highest BCUT2D eigenvalue weighted by Gasteiger charge is 2.11. The maximum absolute atomic E-state index is 10.8. The van der Waals surface area contributed by atoms with E-state index in [4.69, 9.17) is 0 Å². The van der Waals surface area contributed by atoms with E-state index in [9.17, 15) is 9.90 Å². The van der Waals surface area contributed by atoms with Gasteiger partial charge >= 0.3 is 0 Å². The van der Waals surface area contributed by atoms with E-state index in [-0.39, 0.29) is 11.7 Å². The molecule has 82 valence electrons. The van der Waals surface area contributed by atoms with Gasteiger partial charge in [0.2, 0.25) is 0 Å². The molecule has 1 aromatic carbocycles. The number of aromatic carboxylic acids is 1. The maximum Gasteiger partial charge on any atom is 0.0956 e. The number of imidazole rings is 1. The van der Waals surface area contributed by atoms with E-state index < -0.39 is 5.97 Å². The van der Waals surface area contributed by atoms with E-state index in [1.54, 1.807) is 4.57 Å². The lowest BCUT2D eigenvalue weighted by Crippen LogP contribution is -2.26. The van der Waals surface area contributed by atoms with E-state index in [0.29, 0.717) is 0 Å². The summed E-state index contributed by atoms with van der Waals surface area (Å²) >= 11 is 0. The molecule has 0 N–H and O–H groups in total. The van der Waals surface area contributed by atoms with Crippen LogP contribution in [0.3, 0.4) is 0 Å². The van der Waals surface area contributed by atoms with Crippen molar-refractivity contribution in [2.45, 2.75) is 13.0 Å². The molecule has 16 heavy (non-hydrogen) atoms. The van der Waals surface area contributed by atoms with Crippen LogP contribution in [-0.2, 0) is 0 Å². The first-order chi connectivity index (χ1) is 7.70. The summed E-state index contributed by atoms with van der Waals surface area (Å²) in [6.07, 6.45) is 2.80. The number of benzene rings is 1. The zero-order chi connectivity index (χ0) is 11.5. The largest absolute Gasteiger partial charge is 0.543 e. The summed E-state index contributed by atoms with van der Waals surface area (Å²) in [4.78, 5) is 14.7. The molecule has 0 saturated carbocycles. The zero-order valence-electron chi connectivity index (χ0n) is 8.83. The van der Waals surface area contributed by atoms with Gasteiger partial charge in [-0.15, -0.1) is 0 Å². The Morgan fingerprint density at radius 3 is 2.69 bits per heavy atom. The van der Waals surface area contributed by atoms with Crippen molar-refractivity contribution in [1.82, 2.24) is 9.55 Å². The van der Waals surface area contributed by atoms with E-state index in [1.165, 1.54) is 12.5 Å². The topological polar surface area (TPSA) is 58.0 Å². The summed E-state index contributed by atoms with van der Waals surface area (Å²) in [6.45, 7) is 1.92. The molecule has 1 unspecified atom stereocenters. The van der Waals surface area contributed by atoms with Crippen molar-refractivity contribution in [2.75, 3.05) is 0 Å². The quantitative estimate of drug-likeness (QED) is 0.762. The third-order valence-corrected chi connectivity index (χ3v) is 2.57. The second-order valence-corrected chi connectivity index (χ2v) is 3.56. The highest BCUT2D eigenvalue weighted by atomic mass is 16.4. The molecule has 4 nitrogen and oxygen atoms in total. The lowest BCUT2D eigenvalue weighted by molar-refractivity contribution is -0.255. The Hall–Kier alpha value is -2.10. The molecule has 4 heteroatoms. The fraction of sp³-hybridized carbons (Fsp3) is 0.167. The van der Waals surface area contributed by atoms with Crippen molar-refractivity contribution in [3.8, 4) is 0 Å². The van der Waals surface area contributed by atoms with Gasteiger partial charge in [0, 0.05) is 0 Å². The Kier molecular flexibility index (Phi) is 2.72. The van der Waals surface area contributed by atoms with Crippen LogP contribution in [0, 0.1) is 0 Å². The lowest BCUT2D eigenvalue weighted by atomic mass is 10.1. The van der Waals surface area contributed by atoms with E-state index in [0.717, 1.165) is 5.56 Å². The molecule has 0 aliphatic heterocycles. The average molecular weight is 215 g/mol. The fourth-order valence-electron chi connectivity index (χ4n) is 1.66. The van der Waals surface area contributed by atoms with Crippen molar-refractivity contribution >= 4 is 5.97 Å². The van der Waals surface area contributed by atoms with Crippen molar-refractivity contribution in [2.24, 2.45) is 0 Å². The van der Waals surface area contributed by atoms with Crippen LogP contribution >= 0.6 is 0 Å². The van der Waals surface area contributed by atoms with Crippen LogP contribution in [0.4, 0.5) is 0 Å². The number of aromatic nitrogens is 2. The molecule has 0 spiro atoms. The molecule has 2 rings (SSSR count). The van der Waals surface area contributed by atoms with Gasteiger partial charge in [0.15, 0.2) is 0 Å². The van der Waals surface area contributed by atoms with Crippen LogP contribution in [0.1, 0.15) is 29.0 Å². The first-order valence-corrected chi connectivity index (χ1v) is 4.98. The van der Waals surface area contributed by atoms with E-state index >= 15 is 0 Å². The lowest BCUT2D eigenvalue weighted by Gasteiger charge is -2.17. The molecule has 0 fully saturated rings. The number of carbonyl (C=O) groups excluding carboxylic acids is 1. The minimum absolute atomic E-state index is 0.0726. The van der Waals surface area contributed by atoms with Crippen LogP contribution < -0.4 is 5.11 Å². The van der Waals surface area contributed by atoms with Gasteiger partial charge < -0.3 is 14.5 Å². The molecule has 0 radical (unpaired) electrons. The molecule has 0 amide bonds. The van der Waals surface area contributed by atoms with Crippen molar-refractivity contribution in [3.05, 3.63) is 54.1 Å². The van der Waals surface area contributed by atoms with Gasteiger partial charge in [0.25, 0.3) is 0 Å². The Bertz CT molecular complexity index is 491. The first kappa shape index (κ1) is 10.4. The highest BCUT2D eigenvalue weighted by Crippen LogP contribution is 2.18. The number of carbonyl (C=O) groups is 1. The van der Waals surface area contributed by atoms with E-state index in [2.05, 4.69) is 4.98 Å². The molecule has 0 aliphatic rings. The Labute approximate surface area is 93.2 Å². The molecule has 1 aromatic heterocycles. The van der Waals surface area contributed by atoms with Gasteiger partial charge in [-0.1, -0.05) is 30.3 Å². The minimum atomic E-state index is -1.21.